The lowest BCUT2D eigenvalue weighted by Crippen LogP contribution is -2.20. The van der Waals surface area contributed by atoms with Crippen LogP contribution in [0.3, 0.4) is 0 Å². The standard InChI is InChI=1S/C19H23NO.ClH/c20-19(16-10-4-5-11-16)17-12-6-7-13-18(17)21-14-15-8-2-1-3-9-15;/h1-3,6-9,12-13,16,19H,4-5,10-11,14,20H2;1H/t19-;/m0./s1. The molecule has 2 nitrogen and oxygen atoms in total. The van der Waals surface area contributed by atoms with E-state index in [1.807, 2.05) is 30.3 Å². The lowest BCUT2D eigenvalue weighted by molar-refractivity contribution is 0.296. The molecule has 1 aliphatic rings. The van der Waals surface area contributed by atoms with E-state index in [2.05, 4.69) is 24.3 Å². The fourth-order valence-corrected chi connectivity index (χ4v) is 3.19. The Morgan fingerprint density at radius 3 is 2.32 bits per heavy atom. The Bertz CT molecular complexity index is 567. The van der Waals surface area contributed by atoms with E-state index >= 15 is 0 Å². The maximum atomic E-state index is 6.49. The van der Waals surface area contributed by atoms with Crippen molar-refractivity contribution in [1.82, 2.24) is 0 Å². The van der Waals surface area contributed by atoms with Gasteiger partial charge < -0.3 is 10.5 Å². The molecule has 1 saturated carbocycles. The molecule has 1 atom stereocenters. The Balaban J connectivity index is 0.00000176. The van der Waals surface area contributed by atoms with E-state index in [9.17, 15) is 0 Å². The van der Waals surface area contributed by atoms with Crippen LogP contribution < -0.4 is 10.5 Å². The first-order valence-electron chi connectivity index (χ1n) is 7.86. The Morgan fingerprint density at radius 2 is 1.59 bits per heavy atom. The van der Waals surface area contributed by atoms with Crippen molar-refractivity contribution in [3.8, 4) is 5.75 Å². The lowest BCUT2D eigenvalue weighted by Gasteiger charge is -2.22. The zero-order valence-electron chi connectivity index (χ0n) is 12.8. The quantitative estimate of drug-likeness (QED) is 0.853. The molecule has 2 N–H and O–H groups in total. The molecule has 2 aromatic rings. The minimum atomic E-state index is 0. The predicted octanol–water partition coefficient (Wildman–Crippen LogP) is 4.88. The van der Waals surface area contributed by atoms with Crippen molar-refractivity contribution in [3.05, 3.63) is 65.7 Å². The summed E-state index contributed by atoms with van der Waals surface area (Å²) in [6.45, 7) is 0.592. The molecular formula is C19H24ClNO. The van der Waals surface area contributed by atoms with E-state index in [1.165, 1.54) is 31.2 Å². The molecule has 0 radical (unpaired) electrons. The summed E-state index contributed by atoms with van der Waals surface area (Å²) in [4.78, 5) is 0. The molecule has 0 amide bonds. The monoisotopic (exact) mass is 317 g/mol. The van der Waals surface area contributed by atoms with Crippen LogP contribution in [0.15, 0.2) is 54.6 Å². The first kappa shape index (κ1) is 16.9. The minimum absolute atomic E-state index is 0. The SMILES string of the molecule is Cl.N[C@H](c1ccccc1OCc1ccccc1)C1CCCC1. The Labute approximate surface area is 139 Å². The minimum Gasteiger partial charge on any atom is -0.489 e. The van der Waals surface area contributed by atoms with Gasteiger partial charge in [0.05, 0.1) is 0 Å². The molecule has 0 heterocycles. The number of hydrogen-bond donors (Lipinski definition) is 1. The van der Waals surface area contributed by atoms with Crippen molar-refractivity contribution in [2.75, 3.05) is 0 Å². The first-order chi connectivity index (χ1) is 10.3. The van der Waals surface area contributed by atoms with Gasteiger partial charge in [-0.1, -0.05) is 61.4 Å². The molecule has 1 fully saturated rings. The molecule has 2 aromatic carbocycles. The van der Waals surface area contributed by atoms with Crippen LogP contribution >= 0.6 is 12.4 Å². The molecule has 0 spiro atoms. The fourth-order valence-electron chi connectivity index (χ4n) is 3.19. The average Bonchev–Trinajstić information content (AvgIpc) is 3.08. The Kier molecular flexibility index (Phi) is 6.29. The van der Waals surface area contributed by atoms with Crippen LogP contribution in [0.25, 0.3) is 0 Å². The second-order valence-corrected chi connectivity index (χ2v) is 5.88. The van der Waals surface area contributed by atoms with E-state index in [1.54, 1.807) is 0 Å². The molecule has 0 saturated heterocycles. The van der Waals surface area contributed by atoms with E-state index in [0.29, 0.717) is 12.5 Å². The average molecular weight is 318 g/mol. The van der Waals surface area contributed by atoms with Crippen LogP contribution in [0.1, 0.15) is 42.9 Å². The van der Waals surface area contributed by atoms with Gasteiger partial charge in [-0.25, -0.2) is 0 Å². The second kappa shape index (κ2) is 8.21. The van der Waals surface area contributed by atoms with E-state index in [4.69, 9.17) is 10.5 Å². The van der Waals surface area contributed by atoms with Gasteiger partial charge in [-0.05, 0) is 30.4 Å². The van der Waals surface area contributed by atoms with Crippen molar-refractivity contribution in [2.45, 2.75) is 38.3 Å². The van der Waals surface area contributed by atoms with Gasteiger partial charge in [0, 0.05) is 11.6 Å². The highest BCUT2D eigenvalue weighted by molar-refractivity contribution is 5.85. The third-order valence-electron chi connectivity index (χ3n) is 4.42. The largest absolute Gasteiger partial charge is 0.489 e. The first-order valence-corrected chi connectivity index (χ1v) is 7.86. The number of halogens is 1. The molecule has 118 valence electrons. The predicted molar refractivity (Wildman–Crippen MR) is 93.4 cm³/mol. The highest BCUT2D eigenvalue weighted by Crippen LogP contribution is 2.37. The maximum Gasteiger partial charge on any atom is 0.124 e. The summed E-state index contributed by atoms with van der Waals surface area (Å²) in [5, 5.41) is 0. The zero-order valence-corrected chi connectivity index (χ0v) is 13.6. The lowest BCUT2D eigenvalue weighted by atomic mass is 9.92. The Hall–Kier alpha value is -1.51. The molecule has 1 aliphatic carbocycles. The molecule has 22 heavy (non-hydrogen) atoms. The third kappa shape index (κ3) is 4.02. The molecule has 0 bridgehead atoms. The molecular weight excluding hydrogens is 294 g/mol. The molecule has 3 rings (SSSR count). The van der Waals surface area contributed by atoms with Crippen molar-refractivity contribution in [1.29, 1.82) is 0 Å². The molecule has 3 heteroatoms. The van der Waals surface area contributed by atoms with E-state index in [0.717, 1.165) is 11.3 Å². The van der Waals surface area contributed by atoms with Crippen LogP contribution in [0.4, 0.5) is 0 Å². The normalized spacial score (nSPS) is 16.0. The van der Waals surface area contributed by atoms with Gasteiger partial charge >= 0.3 is 0 Å². The number of hydrogen-bond acceptors (Lipinski definition) is 2. The fraction of sp³-hybridized carbons (Fsp3) is 0.368. The topological polar surface area (TPSA) is 35.2 Å². The van der Waals surface area contributed by atoms with Gasteiger partial charge in [0.15, 0.2) is 0 Å². The summed E-state index contributed by atoms with van der Waals surface area (Å²) in [6, 6.07) is 18.6. The summed E-state index contributed by atoms with van der Waals surface area (Å²) in [5.41, 5.74) is 8.83. The zero-order chi connectivity index (χ0) is 14.5. The van der Waals surface area contributed by atoms with Gasteiger partial charge in [-0.15, -0.1) is 12.4 Å². The van der Waals surface area contributed by atoms with E-state index < -0.39 is 0 Å². The van der Waals surface area contributed by atoms with E-state index in [-0.39, 0.29) is 18.4 Å². The molecule has 0 aliphatic heterocycles. The maximum absolute atomic E-state index is 6.49. The number of benzene rings is 2. The van der Waals surface area contributed by atoms with Crippen molar-refractivity contribution in [2.24, 2.45) is 11.7 Å². The Morgan fingerprint density at radius 1 is 0.955 bits per heavy atom. The van der Waals surface area contributed by atoms with Gasteiger partial charge in [-0.3, -0.25) is 0 Å². The van der Waals surface area contributed by atoms with Crippen molar-refractivity contribution < 1.29 is 4.74 Å². The van der Waals surface area contributed by atoms with Gasteiger partial charge in [0.1, 0.15) is 12.4 Å². The highest BCUT2D eigenvalue weighted by Gasteiger charge is 2.25. The van der Waals surface area contributed by atoms with Crippen LogP contribution in [-0.4, -0.2) is 0 Å². The summed E-state index contributed by atoms with van der Waals surface area (Å²) in [6.07, 6.45) is 5.11. The smallest absolute Gasteiger partial charge is 0.124 e. The van der Waals surface area contributed by atoms with Crippen LogP contribution in [0.2, 0.25) is 0 Å². The van der Waals surface area contributed by atoms with Crippen LogP contribution in [0.5, 0.6) is 5.75 Å². The van der Waals surface area contributed by atoms with Gasteiger partial charge in [0.2, 0.25) is 0 Å². The molecule has 0 unspecified atom stereocenters. The van der Waals surface area contributed by atoms with Crippen molar-refractivity contribution in [3.63, 3.8) is 0 Å². The van der Waals surface area contributed by atoms with Gasteiger partial charge in [0.25, 0.3) is 0 Å². The summed E-state index contributed by atoms with van der Waals surface area (Å²) >= 11 is 0. The number of nitrogens with two attached hydrogens (primary N) is 1. The third-order valence-corrected chi connectivity index (χ3v) is 4.42. The highest BCUT2D eigenvalue weighted by atomic mass is 35.5. The molecule has 0 aromatic heterocycles. The van der Waals surface area contributed by atoms with Gasteiger partial charge in [-0.2, -0.15) is 0 Å². The number of para-hydroxylation sites is 1. The number of ether oxygens (including phenoxy) is 1. The summed E-state index contributed by atoms with van der Waals surface area (Å²) < 4.78 is 6.02. The summed E-state index contributed by atoms with van der Waals surface area (Å²) in [7, 11) is 0. The van der Waals surface area contributed by atoms with Crippen molar-refractivity contribution >= 4 is 12.4 Å². The number of rotatable bonds is 5. The summed E-state index contributed by atoms with van der Waals surface area (Å²) in [5.74, 6) is 1.53. The van der Waals surface area contributed by atoms with Crippen LogP contribution in [-0.2, 0) is 6.61 Å². The second-order valence-electron chi connectivity index (χ2n) is 5.88. The van der Waals surface area contributed by atoms with Crippen LogP contribution in [0, 0.1) is 5.92 Å².